The number of hydrogen-bond donors (Lipinski definition) is 1. The summed E-state index contributed by atoms with van der Waals surface area (Å²) in [5.74, 6) is -0.0551. The summed E-state index contributed by atoms with van der Waals surface area (Å²) >= 11 is 0. The van der Waals surface area contributed by atoms with Crippen LogP contribution in [0.15, 0.2) is 54.7 Å². The SMILES string of the molecule is C[C@H]1CCCCN1CCNC(=O)c1cc(-c2ccccn2)nc2ccccc12. The van der Waals surface area contributed by atoms with Gasteiger partial charge in [0.1, 0.15) is 0 Å². The van der Waals surface area contributed by atoms with Gasteiger partial charge in [0, 0.05) is 30.7 Å². The van der Waals surface area contributed by atoms with Crippen molar-refractivity contribution in [2.75, 3.05) is 19.6 Å². The predicted molar refractivity (Wildman–Crippen MR) is 112 cm³/mol. The largest absolute Gasteiger partial charge is 0.351 e. The molecule has 1 fully saturated rings. The molecular weight excluding hydrogens is 348 g/mol. The van der Waals surface area contributed by atoms with E-state index in [9.17, 15) is 4.79 Å². The molecule has 5 heteroatoms. The first-order valence-corrected chi connectivity index (χ1v) is 10.1. The monoisotopic (exact) mass is 374 g/mol. The molecule has 3 heterocycles. The van der Waals surface area contributed by atoms with Gasteiger partial charge >= 0.3 is 0 Å². The first kappa shape index (κ1) is 18.6. The molecule has 1 atom stereocenters. The summed E-state index contributed by atoms with van der Waals surface area (Å²) in [5.41, 5.74) is 2.94. The summed E-state index contributed by atoms with van der Waals surface area (Å²) in [6.45, 7) is 4.94. The average Bonchev–Trinajstić information content (AvgIpc) is 2.75. The van der Waals surface area contributed by atoms with Crippen LogP contribution in [0.25, 0.3) is 22.3 Å². The van der Waals surface area contributed by atoms with Crippen LogP contribution in [0.3, 0.4) is 0 Å². The zero-order valence-corrected chi connectivity index (χ0v) is 16.3. The Morgan fingerprint density at radius 3 is 2.82 bits per heavy atom. The van der Waals surface area contributed by atoms with Crippen molar-refractivity contribution < 1.29 is 4.79 Å². The summed E-state index contributed by atoms with van der Waals surface area (Å²) in [7, 11) is 0. The lowest BCUT2D eigenvalue weighted by molar-refractivity contribution is 0.0940. The Labute approximate surface area is 165 Å². The lowest BCUT2D eigenvalue weighted by Crippen LogP contribution is -2.42. The van der Waals surface area contributed by atoms with Crippen LogP contribution >= 0.6 is 0 Å². The molecule has 5 nitrogen and oxygen atoms in total. The predicted octanol–water partition coefficient (Wildman–Crippen LogP) is 3.90. The molecule has 1 saturated heterocycles. The van der Waals surface area contributed by atoms with E-state index in [2.05, 4.69) is 22.1 Å². The molecule has 3 aromatic rings. The number of nitrogens with one attached hydrogen (secondary N) is 1. The molecule has 4 rings (SSSR count). The third kappa shape index (κ3) is 4.04. The molecule has 0 bridgehead atoms. The number of nitrogens with zero attached hydrogens (tertiary/aromatic N) is 3. The van der Waals surface area contributed by atoms with E-state index in [1.54, 1.807) is 6.20 Å². The van der Waals surface area contributed by atoms with Gasteiger partial charge in [-0.1, -0.05) is 30.7 Å². The van der Waals surface area contributed by atoms with Crippen LogP contribution in [0.4, 0.5) is 0 Å². The maximum Gasteiger partial charge on any atom is 0.252 e. The van der Waals surface area contributed by atoms with E-state index in [-0.39, 0.29) is 5.91 Å². The van der Waals surface area contributed by atoms with Crippen molar-refractivity contribution in [3.05, 3.63) is 60.3 Å². The standard InChI is InChI=1S/C23H26N4O/c1-17-8-5-7-14-27(17)15-13-25-23(28)19-16-22(21-11-4-6-12-24-21)26-20-10-3-2-9-18(19)20/h2-4,6,9-12,16-17H,5,7-8,13-15H2,1H3,(H,25,28)/t17-/m0/s1. The lowest BCUT2D eigenvalue weighted by Gasteiger charge is -2.33. The van der Waals surface area contributed by atoms with Gasteiger partial charge in [0.25, 0.3) is 5.91 Å². The highest BCUT2D eigenvalue weighted by molar-refractivity contribution is 6.07. The van der Waals surface area contributed by atoms with E-state index < -0.39 is 0 Å². The van der Waals surface area contributed by atoms with Gasteiger partial charge < -0.3 is 5.32 Å². The molecule has 1 aliphatic rings. The number of pyridine rings is 2. The Kier molecular flexibility index (Phi) is 5.63. The Hall–Kier alpha value is -2.79. The molecule has 0 spiro atoms. The van der Waals surface area contributed by atoms with Crippen molar-refractivity contribution in [3.8, 4) is 11.4 Å². The molecule has 0 aliphatic carbocycles. The van der Waals surface area contributed by atoms with Gasteiger partial charge in [-0.25, -0.2) is 4.98 Å². The van der Waals surface area contributed by atoms with E-state index in [1.165, 1.54) is 19.3 Å². The first-order valence-electron chi connectivity index (χ1n) is 10.1. The number of rotatable bonds is 5. The summed E-state index contributed by atoms with van der Waals surface area (Å²) < 4.78 is 0. The molecular formula is C23H26N4O. The first-order chi connectivity index (χ1) is 13.7. The number of carbonyl (C=O) groups is 1. The van der Waals surface area contributed by atoms with Crippen LogP contribution < -0.4 is 5.32 Å². The van der Waals surface area contributed by atoms with Crippen LogP contribution in [0, 0.1) is 0 Å². The highest BCUT2D eigenvalue weighted by atomic mass is 16.1. The Balaban J connectivity index is 1.55. The molecule has 0 radical (unpaired) electrons. The average molecular weight is 374 g/mol. The van der Waals surface area contributed by atoms with Crippen molar-refractivity contribution in [3.63, 3.8) is 0 Å². The number of benzene rings is 1. The number of para-hydroxylation sites is 1. The molecule has 1 aliphatic heterocycles. The zero-order chi connectivity index (χ0) is 19.3. The van der Waals surface area contributed by atoms with Crippen LogP contribution in [-0.4, -0.2) is 46.5 Å². The molecule has 1 amide bonds. The number of amides is 1. The van der Waals surface area contributed by atoms with Crippen molar-refractivity contribution in [2.45, 2.75) is 32.2 Å². The summed E-state index contributed by atoms with van der Waals surface area (Å²) in [6, 6.07) is 15.9. The fourth-order valence-corrected chi connectivity index (χ4v) is 3.91. The smallest absolute Gasteiger partial charge is 0.252 e. The Bertz CT molecular complexity index is 957. The normalized spacial score (nSPS) is 17.5. The summed E-state index contributed by atoms with van der Waals surface area (Å²) in [5, 5.41) is 3.98. The fraction of sp³-hybridized carbons (Fsp3) is 0.348. The molecule has 1 aromatic carbocycles. The van der Waals surface area contributed by atoms with Crippen molar-refractivity contribution in [1.82, 2.24) is 20.2 Å². The van der Waals surface area contributed by atoms with Gasteiger partial charge in [0.15, 0.2) is 0 Å². The van der Waals surface area contributed by atoms with Crippen LogP contribution in [0.2, 0.25) is 0 Å². The molecule has 0 unspecified atom stereocenters. The fourth-order valence-electron chi connectivity index (χ4n) is 3.91. The molecule has 144 valence electrons. The quantitative estimate of drug-likeness (QED) is 0.736. The van der Waals surface area contributed by atoms with E-state index in [0.29, 0.717) is 23.8 Å². The topological polar surface area (TPSA) is 58.1 Å². The number of carbonyl (C=O) groups excluding carboxylic acids is 1. The Morgan fingerprint density at radius 1 is 1.14 bits per heavy atom. The maximum absolute atomic E-state index is 13.0. The van der Waals surface area contributed by atoms with Gasteiger partial charge in [-0.3, -0.25) is 14.7 Å². The van der Waals surface area contributed by atoms with Crippen LogP contribution in [-0.2, 0) is 0 Å². The Morgan fingerprint density at radius 2 is 2.00 bits per heavy atom. The van der Waals surface area contributed by atoms with E-state index in [4.69, 9.17) is 4.98 Å². The number of piperidine rings is 1. The molecule has 28 heavy (non-hydrogen) atoms. The van der Waals surface area contributed by atoms with Crippen molar-refractivity contribution >= 4 is 16.8 Å². The maximum atomic E-state index is 13.0. The van der Waals surface area contributed by atoms with Crippen LogP contribution in [0.5, 0.6) is 0 Å². The summed E-state index contributed by atoms with van der Waals surface area (Å²) in [4.78, 5) is 24.5. The highest BCUT2D eigenvalue weighted by Crippen LogP contribution is 2.23. The van der Waals surface area contributed by atoms with E-state index in [0.717, 1.165) is 29.7 Å². The number of likely N-dealkylation sites (tertiary alicyclic amines) is 1. The zero-order valence-electron chi connectivity index (χ0n) is 16.3. The van der Waals surface area contributed by atoms with Crippen molar-refractivity contribution in [1.29, 1.82) is 0 Å². The number of aromatic nitrogens is 2. The number of fused-ring (bicyclic) bond motifs is 1. The second kappa shape index (κ2) is 8.48. The molecule has 2 aromatic heterocycles. The lowest BCUT2D eigenvalue weighted by atomic mass is 10.0. The van der Waals surface area contributed by atoms with Gasteiger partial charge in [-0.2, -0.15) is 0 Å². The van der Waals surface area contributed by atoms with Gasteiger partial charge in [0.05, 0.1) is 22.5 Å². The van der Waals surface area contributed by atoms with Gasteiger partial charge in [-0.05, 0) is 50.6 Å². The van der Waals surface area contributed by atoms with E-state index >= 15 is 0 Å². The van der Waals surface area contributed by atoms with Crippen molar-refractivity contribution in [2.24, 2.45) is 0 Å². The third-order valence-corrected chi connectivity index (χ3v) is 5.51. The third-order valence-electron chi connectivity index (χ3n) is 5.51. The second-order valence-corrected chi connectivity index (χ2v) is 7.42. The second-order valence-electron chi connectivity index (χ2n) is 7.42. The molecule has 0 saturated carbocycles. The summed E-state index contributed by atoms with van der Waals surface area (Å²) in [6.07, 6.45) is 5.55. The molecule has 1 N–H and O–H groups in total. The van der Waals surface area contributed by atoms with Gasteiger partial charge in [-0.15, -0.1) is 0 Å². The minimum atomic E-state index is -0.0551. The number of hydrogen-bond acceptors (Lipinski definition) is 4. The minimum Gasteiger partial charge on any atom is -0.351 e. The van der Waals surface area contributed by atoms with E-state index in [1.807, 2.05) is 48.5 Å². The van der Waals surface area contributed by atoms with Gasteiger partial charge in [0.2, 0.25) is 0 Å². The van der Waals surface area contributed by atoms with Crippen LogP contribution in [0.1, 0.15) is 36.5 Å². The minimum absolute atomic E-state index is 0.0551. The highest BCUT2D eigenvalue weighted by Gasteiger charge is 2.18.